The minimum absolute atomic E-state index is 0. The minimum Gasteiger partial charge on any atom is -0.382 e. The molecule has 0 spiro atoms. The Kier molecular flexibility index (Phi) is 4.57. The van der Waals surface area contributed by atoms with Crippen LogP contribution in [-0.2, 0) is 6.54 Å². The maximum atomic E-state index is 5.83. The Hall–Kier alpha value is -2.67. The molecular formula is C14H16ClN7. The van der Waals surface area contributed by atoms with Gasteiger partial charge in [-0.15, -0.1) is 12.4 Å². The highest BCUT2D eigenvalue weighted by molar-refractivity contribution is 5.85. The second kappa shape index (κ2) is 6.40. The quantitative estimate of drug-likeness (QED) is 0.756. The molecule has 8 heteroatoms. The van der Waals surface area contributed by atoms with Crippen molar-refractivity contribution in [3.63, 3.8) is 0 Å². The fourth-order valence-corrected chi connectivity index (χ4v) is 2.06. The molecule has 0 aliphatic carbocycles. The standard InChI is InChI=1S/C14H15N7.ClH/c1-21(8-9-5-3-2-4-6-9)10-7-17-13-11(18-10)12(15)19-14(16)20-13;/h2-7H,8H2,1H3,(H4,15,16,17,19,20);1H. The second-order valence-electron chi connectivity index (χ2n) is 4.71. The summed E-state index contributed by atoms with van der Waals surface area (Å²) < 4.78 is 0. The van der Waals surface area contributed by atoms with Crippen molar-refractivity contribution in [1.29, 1.82) is 0 Å². The Morgan fingerprint density at radius 3 is 2.50 bits per heavy atom. The lowest BCUT2D eigenvalue weighted by Crippen LogP contribution is -2.18. The van der Waals surface area contributed by atoms with Gasteiger partial charge in [-0.1, -0.05) is 30.3 Å². The number of fused-ring (bicyclic) bond motifs is 1. The number of nitrogen functional groups attached to an aromatic ring is 2. The average Bonchev–Trinajstić information content (AvgIpc) is 2.47. The van der Waals surface area contributed by atoms with Crippen molar-refractivity contribution in [2.24, 2.45) is 0 Å². The fraction of sp³-hybridized carbons (Fsp3) is 0.143. The van der Waals surface area contributed by atoms with Crippen molar-refractivity contribution >= 4 is 41.2 Å². The van der Waals surface area contributed by atoms with Crippen LogP contribution in [0.4, 0.5) is 17.6 Å². The zero-order valence-corrected chi connectivity index (χ0v) is 12.8. The van der Waals surface area contributed by atoms with Crippen molar-refractivity contribution in [2.75, 3.05) is 23.4 Å². The molecule has 0 radical (unpaired) electrons. The summed E-state index contributed by atoms with van der Waals surface area (Å²) in [6.45, 7) is 0.719. The number of halogens is 1. The lowest BCUT2D eigenvalue weighted by atomic mass is 10.2. The van der Waals surface area contributed by atoms with Crippen LogP contribution >= 0.6 is 12.4 Å². The third-order valence-corrected chi connectivity index (χ3v) is 3.09. The van der Waals surface area contributed by atoms with E-state index in [1.54, 1.807) is 6.20 Å². The predicted molar refractivity (Wildman–Crippen MR) is 89.7 cm³/mol. The molecule has 4 N–H and O–H groups in total. The molecule has 2 heterocycles. The number of aromatic nitrogens is 4. The molecule has 0 unspecified atom stereocenters. The number of nitrogens with two attached hydrogens (primary N) is 2. The Labute approximate surface area is 133 Å². The van der Waals surface area contributed by atoms with Crippen LogP contribution in [0.15, 0.2) is 36.5 Å². The van der Waals surface area contributed by atoms with E-state index in [4.69, 9.17) is 11.5 Å². The average molecular weight is 318 g/mol. The molecule has 0 fully saturated rings. The van der Waals surface area contributed by atoms with Gasteiger partial charge in [0.25, 0.3) is 0 Å². The molecule has 0 aliphatic rings. The molecule has 0 atom stereocenters. The fourth-order valence-electron chi connectivity index (χ4n) is 2.06. The van der Waals surface area contributed by atoms with Crippen LogP contribution in [0.3, 0.4) is 0 Å². The first-order chi connectivity index (χ1) is 10.1. The normalized spacial score (nSPS) is 10.2. The highest BCUT2D eigenvalue weighted by atomic mass is 35.5. The molecule has 22 heavy (non-hydrogen) atoms. The summed E-state index contributed by atoms with van der Waals surface area (Å²) >= 11 is 0. The third-order valence-electron chi connectivity index (χ3n) is 3.09. The van der Waals surface area contributed by atoms with Gasteiger partial charge in [0.2, 0.25) is 5.95 Å². The first kappa shape index (κ1) is 15.7. The molecule has 3 rings (SSSR count). The maximum absolute atomic E-state index is 5.83. The van der Waals surface area contributed by atoms with Gasteiger partial charge < -0.3 is 16.4 Å². The number of hydrogen-bond donors (Lipinski definition) is 2. The van der Waals surface area contributed by atoms with Crippen molar-refractivity contribution in [3.8, 4) is 0 Å². The number of rotatable bonds is 3. The van der Waals surface area contributed by atoms with Crippen LogP contribution in [-0.4, -0.2) is 27.0 Å². The van der Waals surface area contributed by atoms with Gasteiger partial charge in [0, 0.05) is 13.6 Å². The smallest absolute Gasteiger partial charge is 0.224 e. The minimum atomic E-state index is 0. The Morgan fingerprint density at radius 2 is 1.77 bits per heavy atom. The van der Waals surface area contributed by atoms with Gasteiger partial charge in [0.1, 0.15) is 5.82 Å². The number of nitrogens with zero attached hydrogens (tertiary/aromatic N) is 5. The zero-order valence-electron chi connectivity index (χ0n) is 12.0. The van der Waals surface area contributed by atoms with Gasteiger partial charge in [-0.3, -0.25) is 0 Å². The Morgan fingerprint density at radius 1 is 1.05 bits per heavy atom. The van der Waals surface area contributed by atoms with E-state index in [2.05, 4.69) is 32.1 Å². The first-order valence-electron chi connectivity index (χ1n) is 6.44. The predicted octanol–water partition coefficient (Wildman–Crippen LogP) is 1.64. The van der Waals surface area contributed by atoms with Gasteiger partial charge in [-0.05, 0) is 5.56 Å². The summed E-state index contributed by atoms with van der Waals surface area (Å²) in [4.78, 5) is 18.6. The van der Waals surface area contributed by atoms with Crippen molar-refractivity contribution < 1.29 is 0 Å². The van der Waals surface area contributed by atoms with Gasteiger partial charge in [-0.2, -0.15) is 9.97 Å². The summed E-state index contributed by atoms with van der Waals surface area (Å²) in [5.74, 6) is 1.03. The van der Waals surface area contributed by atoms with Crippen molar-refractivity contribution in [1.82, 2.24) is 19.9 Å². The lowest BCUT2D eigenvalue weighted by Gasteiger charge is -2.18. The summed E-state index contributed by atoms with van der Waals surface area (Å²) in [6.07, 6.45) is 1.65. The van der Waals surface area contributed by atoms with Crippen LogP contribution in [0.1, 0.15) is 5.56 Å². The van der Waals surface area contributed by atoms with E-state index < -0.39 is 0 Å². The molecule has 0 saturated heterocycles. The van der Waals surface area contributed by atoms with E-state index in [-0.39, 0.29) is 24.2 Å². The topological polar surface area (TPSA) is 107 Å². The highest BCUT2D eigenvalue weighted by Crippen LogP contribution is 2.19. The second-order valence-corrected chi connectivity index (χ2v) is 4.71. The molecule has 114 valence electrons. The van der Waals surface area contributed by atoms with E-state index in [9.17, 15) is 0 Å². The number of anilines is 3. The lowest BCUT2D eigenvalue weighted by molar-refractivity contribution is 0.896. The van der Waals surface area contributed by atoms with E-state index in [1.165, 1.54) is 5.56 Å². The van der Waals surface area contributed by atoms with Crippen molar-refractivity contribution in [2.45, 2.75) is 6.54 Å². The first-order valence-corrected chi connectivity index (χ1v) is 6.44. The van der Waals surface area contributed by atoms with Crippen LogP contribution in [0.2, 0.25) is 0 Å². The van der Waals surface area contributed by atoms with Gasteiger partial charge >= 0.3 is 0 Å². The van der Waals surface area contributed by atoms with Gasteiger partial charge in [0.05, 0.1) is 6.20 Å². The van der Waals surface area contributed by atoms with Gasteiger partial charge in [0.15, 0.2) is 17.0 Å². The number of benzene rings is 1. The number of hydrogen-bond acceptors (Lipinski definition) is 7. The largest absolute Gasteiger partial charge is 0.382 e. The van der Waals surface area contributed by atoms with Crippen LogP contribution < -0.4 is 16.4 Å². The summed E-state index contributed by atoms with van der Waals surface area (Å²) in [5, 5.41) is 0. The molecule has 0 aliphatic heterocycles. The molecule has 0 amide bonds. The molecule has 2 aromatic heterocycles. The molecule has 0 bridgehead atoms. The SMILES string of the molecule is CN(Cc1ccccc1)c1cnc2nc(N)nc(N)c2n1.Cl. The summed E-state index contributed by atoms with van der Waals surface area (Å²) in [6, 6.07) is 10.1. The summed E-state index contributed by atoms with van der Waals surface area (Å²) in [7, 11) is 1.94. The van der Waals surface area contributed by atoms with Crippen LogP contribution in [0.5, 0.6) is 0 Å². The van der Waals surface area contributed by atoms with Crippen molar-refractivity contribution in [3.05, 3.63) is 42.1 Å². The van der Waals surface area contributed by atoms with E-state index in [0.29, 0.717) is 17.0 Å². The Balaban J connectivity index is 0.00000176. The zero-order chi connectivity index (χ0) is 14.8. The van der Waals surface area contributed by atoms with Crippen LogP contribution in [0, 0.1) is 0 Å². The third kappa shape index (κ3) is 3.15. The highest BCUT2D eigenvalue weighted by Gasteiger charge is 2.10. The van der Waals surface area contributed by atoms with Crippen LogP contribution in [0.25, 0.3) is 11.2 Å². The van der Waals surface area contributed by atoms with E-state index in [0.717, 1.165) is 6.54 Å². The monoisotopic (exact) mass is 317 g/mol. The molecule has 7 nitrogen and oxygen atoms in total. The maximum Gasteiger partial charge on any atom is 0.224 e. The molecular weight excluding hydrogens is 302 g/mol. The summed E-state index contributed by atoms with van der Waals surface area (Å²) in [5.41, 5.74) is 13.4. The molecule has 0 saturated carbocycles. The van der Waals surface area contributed by atoms with E-state index in [1.807, 2.05) is 30.1 Å². The van der Waals surface area contributed by atoms with Gasteiger partial charge in [-0.25, -0.2) is 9.97 Å². The molecule has 1 aromatic carbocycles. The van der Waals surface area contributed by atoms with E-state index >= 15 is 0 Å². The Bertz CT molecular complexity index is 779. The molecule has 3 aromatic rings.